The normalized spacial score (nSPS) is 10.6. The van der Waals surface area contributed by atoms with Crippen LogP contribution in [0.1, 0.15) is 16.1 Å². The van der Waals surface area contributed by atoms with Crippen LogP contribution in [0.15, 0.2) is 40.4 Å². The average Bonchev–Trinajstić information content (AvgIpc) is 3.16. The fourth-order valence-electron chi connectivity index (χ4n) is 1.76. The number of thiazole rings is 1. The summed E-state index contributed by atoms with van der Waals surface area (Å²) in [6.07, 6.45) is 0. The lowest BCUT2D eigenvalue weighted by molar-refractivity contribution is 0.0463. The van der Waals surface area contributed by atoms with Crippen molar-refractivity contribution in [2.75, 3.05) is 0 Å². The maximum atomic E-state index is 13.6. The molecule has 0 atom stereocenters. The summed E-state index contributed by atoms with van der Waals surface area (Å²) in [5.41, 5.74) is 1.53. The topological polar surface area (TPSA) is 39.2 Å². The summed E-state index contributed by atoms with van der Waals surface area (Å²) >= 11 is 8.71. The van der Waals surface area contributed by atoms with Gasteiger partial charge in [-0.15, -0.1) is 11.3 Å². The van der Waals surface area contributed by atoms with Crippen LogP contribution in [-0.2, 0) is 11.3 Å². The van der Waals surface area contributed by atoms with E-state index in [9.17, 15) is 9.18 Å². The molecule has 2 heterocycles. The van der Waals surface area contributed by atoms with Crippen molar-refractivity contribution >= 4 is 40.2 Å². The molecule has 0 amide bonds. The number of esters is 1. The third-order valence-corrected chi connectivity index (χ3v) is 4.68. The zero-order valence-electron chi connectivity index (χ0n) is 11.1. The van der Waals surface area contributed by atoms with Crippen LogP contribution in [0.5, 0.6) is 0 Å². The number of hydrogen-bond donors (Lipinski definition) is 0. The summed E-state index contributed by atoms with van der Waals surface area (Å²) in [6, 6.07) is 5.80. The fourth-order valence-corrected chi connectivity index (χ4v) is 3.44. The summed E-state index contributed by atoms with van der Waals surface area (Å²) in [5, 5.41) is 6.88. The molecule has 3 aromatic rings. The Kier molecular flexibility index (Phi) is 4.52. The van der Waals surface area contributed by atoms with Gasteiger partial charge in [0.1, 0.15) is 17.4 Å². The molecule has 0 saturated heterocycles. The molecule has 0 aliphatic carbocycles. The Morgan fingerprint density at radius 2 is 2.18 bits per heavy atom. The van der Waals surface area contributed by atoms with E-state index in [1.165, 1.54) is 23.5 Å². The van der Waals surface area contributed by atoms with E-state index < -0.39 is 11.8 Å². The number of rotatable bonds is 4. The van der Waals surface area contributed by atoms with E-state index in [2.05, 4.69) is 4.98 Å². The zero-order valence-corrected chi connectivity index (χ0v) is 13.5. The first-order valence-electron chi connectivity index (χ1n) is 6.22. The van der Waals surface area contributed by atoms with Crippen LogP contribution < -0.4 is 0 Å². The minimum absolute atomic E-state index is 0.00152. The lowest BCUT2D eigenvalue weighted by Crippen LogP contribution is -2.07. The standard InChI is InChI=1S/C15H9ClFNO2S2/c16-10-1-2-12(13(17)5-10)15(19)20-6-11-8-22-14(18-11)9-3-4-21-7-9/h1-5,7-8H,6H2. The molecule has 1 aromatic carbocycles. The predicted octanol–water partition coefficient (Wildman–Crippen LogP) is 5.02. The zero-order chi connectivity index (χ0) is 15.5. The van der Waals surface area contributed by atoms with Crippen LogP contribution in [-0.4, -0.2) is 11.0 Å². The van der Waals surface area contributed by atoms with Crippen molar-refractivity contribution in [3.63, 3.8) is 0 Å². The predicted molar refractivity (Wildman–Crippen MR) is 86.0 cm³/mol. The number of ether oxygens (including phenoxy) is 1. The Hall–Kier alpha value is -1.76. The molecular weight excluding hydrogens is 345 g/mol. The smallest absolute Gasteiger partial charge is 0.341 e. The van der Waals surface area contributed by atoms with Gasteiger partial charge in [0.15, 0.2) is 0 Å². The number of carbonyl (C=O) groups is 1. The highest BCUT2D eigenvalue weighted by Crippen LogP contribution is 2.26. The maximum absolute atomic E-state index is 13.6. The Morgan fingerprint density at radius 3 is 2.91 bits per heavy atom. The number of hydrogen-bond acceptors (Lipinski definition) is 5. The second-order valence-electron chi connectivity index (χ2n) is 4.36. The van der Waals surface area contributed by atoms with Gasteiger partial charge in [0.25, 0.3) is 0 Å². The summed E-state index contributed by atoms with van der Waals surface area (Å²) in [5.74, 6) is -1.44. The molecule has 2 aromatic heterocycles. The van der Waals surface area contributed by atoms with Gasteiger partial charge >= 0.3 is 5.97 Å². The number of thiophene rings is 1. The van der Waals surface area contributed by atoms with E-state index in [1.54, 1.807) is 11.3 Å². The highest BCUT2D eigenvalue weighted by Gasteiger charge is 2.14. The minimum atomic E-state index is -0.737. The van der Waals surface area contributed by atoms with E-state index in [0.29, 0.717) is 5.69 Å². The number of halogens is 2. The van der Waals surface area contributed by atoms with Crippen molar-refractivity contribution < 1.29 is 13.9 Å². The highest BCUT2D eigenvalue weighted by atomic mass is 35.5. The van der Waals surface area contributed by atoms with Gasteiger partial charge in [0, 0.05) is 21.3 Å². The van der Waals surface area contributed by atoms with Gasteiger partial charge < -0.3 is 4.74 Å². The van der Waals surface area contributed by atoms with Crippen LogP contribution >= 0.6 is 34.3 Å². The van der Waals surface area contributed by atoms with Crippen LogP contribution in [0.25, 0.3) is 10.6 Å². The Morgan fingerprint density at radius 1 is 1.32 bits per heavy atom. The third kappa shape index (κ3) is 3.35. The van der Waals surface area contributed by atoms with E-state index in [0.717, 1.165) is 16.6 Å². The molecule has 112 valence electrons. The van der Waals surface area contributed by atoms with E-state index in [4.69, 9.17) is 16.3 Å². The third-order valence-electron chi connectivity index (χ3n) is 2.82. The number of aromatic nitrogens is 1. The van der Waals surface area contributed by atoms with Crippen LogP contribution in [0.3, 0.4) is 0 Å². The molecule has 0 saturated carbocycles. The molecular formula is C15H9ClFNO2S2. The second-order valence-corrected chi connectivity index (χ2v) is 6.43. The molecule has 3 rings (SSSR count). The van der Waals surface area contributed by atoms with Gasteiger partial charge in [-0.1, -0.05) is 11.6 Å². The van der Waals surface area contributed by atoms with Crippen molar-refractivity contribution in [3.8, 4) is 10.6 Å². The molecule has 0 unspecified atom stereocenters. The van der Waals surface area contributed by atoms with Crippen molar-refractivity contribution in [3.05, 3.63) is 62.5 Å². The van der Waals surface area contributed by atoms with Gasteiger partial charge in [-0.3, -0.25) is 0 Å². The summed E-state index contributed by atoms with van der Waals surface area (Å²) in [7, 11) is 0. The Bertz CT molecular complexity index is 802. The van der Waals surface area contributed by atoms with Crippen LogP contribution in [0, 0.1) is 5.82 Å². The lowest BCUT2D eigenvalue weighted by atomic mass is 10.2. The molecule has 0 aliphatic rings. The number of benzene rings is 1. The van der Waals surface area contributed by atoms with Crippen molar-refractivity contribution in [2.45, 2.75) is 6.61 Å². The van der Waals surface area contributed by atoms with Crippen LogP contribution in [0.4, 0.5) is 4.39 Å². The van der Waals surface area contributed by atoms with Crippen molar-refractivity contribution in [1.82, 2.24) is 4.98 Å². The molecule has 0 N–H and O–H groups in total. The van der Waals surface area contributed by atoms with Gasteiger partial charge in [0.05, 0.1) is 11.3 Å². The largest absolute Gasteiger partial charge is 0.455 e. The van der Waals surface area contributed by atoms with Crippen molar-refractivity contribution in [2.24, 2.45) is 0 Å². The van der Waals surface area contributed by atoms with Gasteiger partial charge in [-0.2, -0.15) is 11.3 Å². The first-order valence-corrected chi connectivity index (χ1v) is 8.42. The molecule has 0 fully saturated rings. The average molecular weight is 354 g/mol. The summed E-state index contributed by atoms with van der Waals surface area (Å²) < 4.78 is 18.7. The molecule has 0 bridgehead atoms. The van der Waals surface area contributed by atoms with Gasteiger partial charge in [-0.05, 0) is 29.6 Å². The Balaban J connectivity index is 1.66. The molecule has 0 aliphatic heterocycles. The van der Waals surface area contributed by atoms with E-state index in [1.807, 2.05) is 22.2 Å². The summed E-state index contributed by atoms with van der Waals surface area (Å²) in [6.45, 7) is 0.00152. The van der Waals surface area contributed by atoms with Crippen LogP contribution in [0.2, 0.25) is 5.02 Å². The minimum Gasteiger partial charge on any atom is -0.455 e. The molecule has 0 radical (unpaired) electrons. The first kappa shape index (κ1) is 15.1. The number of nitrogens with zero attached hydrogens (tertiary/aromatic N) is 1. The fraction of sp³-hybridized carbons (Fsp3) is 0.0667. The first-order chi connectivity index (χ1) is 10.6. The maximum Gasteiger partial charge on any atom is 0.341 e. The lowest BCUT2D eigenvalue weighted by Gasteiger charge is -2.04. The highest BCUT2D eigenvalue weighted by molar-refractivity contribution is 7.14. The van der Waals surface area contributed by atoms with Gasteiger partial charge in [0.2, 0.25) is 0 Å². The van der Waals surface area contributed by atoms with Gasteiger partial charge in [-0.25, -0.2) is 14.2 Å². The quantitative estimate of drug-likeness (QED) is 0.618. The molecule has 22 heavy (non-hydrogen) atoms. The molecule has 3 nitrogen and oxygen atoms in total. The van der Waals surface area contributed by atoms with E-state index in [-0.39, 0.29) is 17.2 Å². The molecule has 7 heteroatoms. The SMILES string of the molecule is O=C(OCc1csc(-c2ccsc2)n1)c1ccc(Cl)cc1F. The summed E-state index contributed by atoms with van der Waals surface area (Å²) in [4.78, 5) is 16.2. The van der Waals surface area contributed by atoms with Crippen molar-refractivity contribution in [1.29, 1.82) is 0 Å². The molecule has 0 spiro atoms. The second kappa shape index (κ2) is 6.56. The monoisotopic (exact) mass is 353 g/mol. The number of carbonyl (C=O) groups excluding carboxylic acids is 1. The Labute approximate surface area is 139 Å². The van der Waals surface area contributed by atoms with E-state index >= 15 is 0 Å².